The number of benzene rings is 2. The van der Waals surface area contributed by atoms with E-state index in [1.807, 2.05) is 30.3 Å². The summed E-state index contributed by atoms with van der Waals surface area (Å²) < 4.78 is 1.04. The van der Waals surface area contributed by atoms with E-state index in [1.165, 1.54) is 0 Å². The number of halogens is 1. The lowest BCUT2D eigenvalue weighted by Crippen LogP contribution is -2.04. The number of rotatable bonds is 1. The quantitative estimate of drug-likeness (QED) is 0.720. The molecule has 2 aromatic carbocycles. The van der Waals surface area contributed by atoms with E-state index in [2.05, 4.69) is 37.2 Å². The molecule has 3 aromatic rings. The molecule has 19 heavy (non-hydrogen) atoms. The van der Waals surface area contributed by atoms with E-state index in [-0.39, 0.29) is 11.8 Å². The predicted molar refractivity (Wildman–Crippen MR) is 79.3 cm³/mol. The molecule has 0 fully saturated rings. The summed E-state index contributed by atoms with van der Waals surface area (Å²) in [6.45, 7) is 0. The van der Waals surface area contributed by atoms with Crippen molar-refractivity contribution in [3.8, 4) is 11.3 Å². The first kappa shape index (κ1) is 11.9. The summed E-state index contributed by atoms with van der Waals surface area (Å²) in [7, 11) is 0. The van der Waals surface area contributed by atoms with Crippen LogP contribution in [-0.2, 0) is 0 Å². The number of fused-ring (bicyclic) bond motifs is 1. The minimum absolute atomic E-state index is 0.0750. The van der Waals surface area contributed by atoms with E-state index in [1.54, 1.807) is 0 Å². The fraction of sp³-hybridized carbons (Fsp3) is 0. The Morgan fingerprint density at radius 3 is 2.42 bits per heavy atom. The molecule has 0 saturated carbocycles. The summed E-state index contributed by atoms with van der Waals surface area (Å²) in [6.07, 6.45) is 0. The molecule has 3 rings (SSSR count). The minimum atomic E-state index is 0.0750. The molecule has 6 heteroatoms. The molecule has 5 nitrogen and oxygen atoms in total. The van der Waals surface area contributed by atoms with Crippen LogP contribution in [-0.4, -0.2) is 15.2 Å². The molecule has 0 atom stereocenters. The summed E-state index contributed by atoms with van der Waals surface area (Å²) in [4.78, 5) is 3.92. The Kier molecular flexibility index (Phi) is 2.79. The second-order valence-corrected chi connectivity index (χ2v) is 5.03. The molecule has 0 saturated heterocycles. The highest BCUT2D eigenvalue weighted by molar-refractivity contribution is 9.10. The lowest BCUT2D eigenvalue weighted by atomic mass is 10.1. The molecule has 0 aliphatic heterocycles. The first-order valence-electron chi connectivity index (χ1n) is 5.59. The average molecular weight is 316 g/mol. The topological polar surface area (TPSA) is 90.7 Å². The molecule has 0 aliphatic rings. The zero-order chi connectivity index (χ0) is 13.4. The Bertz CT molecular complexity index is 772. The third-order valence-electron chi connectivity index (χ3n) is 2.81. The number of hydrogen-bond acceptors (Lipinski definition) is 5. The van der Waals surface area contributed by atoms with Gasteiger partial charge in [0.1, 0.15) is 5.69 Å². The lowest BCUT2D eigenvalue weighted by Gasteiger charge is -2.05. The van der Waals surface area contributed by atoms with Crippen LogP contribution in [0.15, 0.2) is 40.9 Å². The Labute approximate surface area is 117 Å². The molecule has 1 heterocycles. The number of hydrogen-bond donors (Lipinski definition) is 2. The van der Waals surface area contributed by atoms with Crippen molar-refractivity contribution in [1.29, 1.82) is 0 Å². The summed E-state index contributed by atoms with van der Waals surface area (Å²) in [6, 6.07) is 12.0. The zero-order valence-corrected chi connectivity index (χ0v) is 11.4. The fourth-order valence-electron chi connectivity index (χ4n) is 1.92. The number of nitrogens with two attached hydrogens (primary N) is 2. The van der Waals surface area contributed by atoms with Crippen LogP contribution in [0, 0.1) is 0 Å². The average Bonchev–Trinajstić information content (AvgIpc) is 2.38. The van der Waals surface area contributed by atoms with Gasteiger partial charge in [0, 0.05) is 10.0 Å². The Morgan fingerprint density at radius 2 is 1.63 bits per heavy atom. The second-order valence-electron chi connectivity index (χ2n) is 4.11. The van der Waals surface area contributed by atoms with Gasteiger partial charge in [0.25, 0.3) is 0 Å². The van der Waals surface area contributed by atoms with Crippen LogP contribution in [0.1, 0.15) is 0 Å². The summed E-state index contributed by atoms with van der Waals surface area (Å²) in [5.41, 5.74) is 12.7. The van der Waals surface area contributed by atoms with Gasteiger partial charge in [-0.1, -0.05) is 34.1 Å². The van der Waals surface area contributed by atoms with Crippen molar-refractivity contribution in [1.82, 2.24) is 15.2 Å². The summed E-state index contributed by atoms with van der Waals surface area (Å²) in [5.74, 6) is 0.356. The Hall–Kier alpha value is -2.21. The van der Waals surface area contributed by atoms with Crippen molar-refractivity contribution in [3.63, 3.8) is 0 Å². The van der Waals surface area contributed by atoms with Crippen molar-refractivity contribution < 1.29 is 0 Å². The molecule has 0 radical (unpaired) electrons. The van der Waals surface area contributed by atoms with E-state index in [4.69, 9.17) is 11.5 Å². The van der Waals surface area contributed by atoms with Crippen molar-refractivity contribution in [2.24, 2.45) is 0 Å². The van der Waals surface area contributed by atoms with Gasteiger partial charge in [-0.05, 0) is 29.0 Å². The van der Waals surface area contributed by atoms with Crippen LogP contribution in [0.2, 0.25) is 0 Å². The fourth-order valence-corrected chi connectivity index (χ4v) is 2.30. The van der Waals surface area contributed by atoms with Crippen LogP contribution < -0.4 is 11.5 Å². The number of anilines is 2. The number of aromatic nitrogens is 3. The van der Waals surface area contributed by atoms with Crippen molar-refractivity contribution in [3.05, 3.63) is 40.9 Å². The van der Waals surface area contributed by atoms with Gasteiger partial charge in [0.05, 0.1) is 0 Å². The van der Waals surface area contributed by atoms with E-state index in [9.17, 15) is 0 Å². The molecule has 94 valence electrons. The summed E-state index contributed by atoms with van der Waals surface area (Å²) in [5, 5.41) is 9.97. The normalized spacial score (nSPS) is 10.8. The highest BCUT2D eigenvalue weighted by Crippen LogP contribution is 2.27. The SMILES string of the molecule is Nc1nnc(-c2ccc3cc(Br)ccc3c2)c(N)n1. The van der Waals surface area contributed by atoms with Crippen molar-refractivity contribution >= 4 is 38.5 Å². The van der Waals surface area contributed by atoms with E-state index < -0.39 is 0 Å². The highest BCUT2D eigenvalue weighted by atomic mass is 79.9. The molecular formula is C13H10BrN5. The monoisotopic (exact) mass is 315 g/mol. The highest BCUT2D eigenvalue weighted by Gasteiger charge is 2.08. The first-order valence-corrected chi connectivity index (χ1v) is 6.38. The molecule has 0 aliphatic carbocycles. The minimum Gasteiger partial charge on any atom is -0.382 e. The molecular weight excluding hydrogens is 306 g/mol. The van der Waals surface area contributed by atoms with E-state index in [0.29, 0.717) is 5.69 Å². The number of nitrogens with zero attached hydrogens (tertiary/aromatic N) is 3. The molecule has 4 N–H and O–H groups in total. The predicted octanol–water partition coefficient (Wildman–Crippen LogP) is 2.62. The van der Waals surface area contributed by atoms with Crippen LogP contribution in [0.3, 0.4) is 0 Å². The van der Waals surface area contributed by atoms with E-state index in [0.717, 1.165) is 20.8 Å². The Balaban J connectivity index is 2.17. The molecule has 0 spiro atoms. The first-order chi connectivity index (χ1) is 9.13. The van der Waals surface area contributed by atoms with Crippen molar-refractivity contribution in [2.45, 2.75) is 0 Å². The number of nitrogen functional groups attached to an aromatic ring is 2. The Morgan fingerprint density at radius 1 is 0.895 bits per heavy atom. The van der Waals surface area contributed by atoms with Gasteiger partial charge in [0.2, 0.25) is 5.95 Å². The van der Waals surface area contributed by atoms with Gasteiger partial charge >= 0.3 is 0 Å². The van der Waals surface area contributed by atoms with Crippen LogP contribution in [0.25, 0.3) is 22.0 Å². The van der Waals surface area contributed by atoms with Gasteiger partial charge < -0.3 is 11.5 Å². The maximum absolute atomic E-state index is 5.82. The maximum atomic E-state index is 5.82. The van der Waals surface area contributed by atoms with E-state index >= 15 is 0 Å². The third kappa shape index (κ3) is 2.22. The third-order valence-corrected chi connectivity index (χ3v) is 3.30. The van der Waals surface area contributed by atoms with Gasteiger partial charge in [-0.2, -0.15) is 4.98 Å². The van der Waals surface area contributed by atoms with Crippen LogP contribution in [0.5, 0.6) is 0 Å². The lowest BCUT2D eigenvalue weighted by molar-refractivity contribution is 1.000. The molecule has 1 aromatic heterocycles. The zero-order valence-electron chi connectivity index (χ0n) is 9.84. The molecule has 0 bridgehead atoms. The molecule has 0 unspecified atom stereocenters. The van der Waals surface area contributed by atoms with Gasteiger partial charge in [0.15, 0.2) is 5.82 Å². The van der Waals surface area contributed by atoms with Gasteiger partial charge in [-0.25, -0.2) is 0 Å². The van der Waals surface area contributed by atoms with Crippen molar-refractivity contribution in [2.75, 3.05) is 11.5 Å². The van der Waals surface area contributed by atoms with Crippen LogP contribution >= 0.6 is 15.9 Å². The standard InChI is InChI=1S/C13H10BrN5/c14-10-4-3-7-5-9(2-1-8(7)6-10)11-12(15)17-13(16)19-18-11/h1-6H,(H4,15,16,17,19). The summed E-state index contributed by atoms with van der Waals surface area (Å²) >= 11 is 3.45. The maximum Gasteiger partial charge on any atom is 0.242 e. The largest absolute Gasteiger partial charge is 0.382 e. The smallest absolute Gasteiger partial charge is 0.242 e. The second kappa shape index (κ2) is 4.47. The molecule has 0 amide bonds. The van der Waals surface area contributed by atoms with Gasteiger partial charge in [-0.3, -0.25) is 0 Å². The van der Waals surface area contributed by atoms with Gasteiger partial charge in [-0.15, -0.1) is 10.2 Å². The van der Waals surface area contributed by atoms with Crippen LogP contribution in [0.4, 0.5) is 11.8 Å².